The summed E-state index contributed by atoms with van der Waals surface area (Å²) >= 11 is 0. The fraction of sp³-hybridized carbons (Fsp3) is 0.333. The number of aromatic nitrogens is 1. The van der Waals surface area contributed by atoms with Crippen LogP contribution >= 0.6 is 12.4 Å². The average Bonchev–Trinajstić information content (AvgIpc) is 3.39. The molecule has 1 saturated heterocycles. The first-order valence-corrected chi connectivity index (χ1v) is 10.2. The van der Waals surface area contributed by atoms with Gasteiger partial charge in [0.15, 0.2) is 0 Å². The van der Waals surface area contributed by atoms with Crippen LogP contribution in [0.1, 0.15) is 29.4 Å². The number of nitrogens with one attached hydrogen (secondary N) is 1. The summed E-state index contributed by atoms with van der Waals surface area (Å²) in [6.45, 7) is 3.88. The van der Waals surface area contributed by atoms with Crippen LogP contribution in [0.15, 0.2) is 59.0 Å². The molecule has 0 aliphatic carbocycles. The van der Waals surface area contributed by atoms with Crippen molar-refractivity contribution < 1.29 is 18.7 Å². The summed E-state index contributed by atoms with van der Waals surface area (Å²) in [6.07, 6.45) is 0.416. The molecule has 0 spiro atoms. The molecule has 0 amide bonds. The van der Waals surface area contributed by atoms with Crippen LogP contribution in [0.5, 0.6) is 5.75 Å². The zero-order valence-electron chi connectivity index (χ0n) is 17.7. The second-order valence-corrected chi connectivity index (χ2v) is 7.55. The highest BCUT2D eigenvalue weighted by Crippen LogP contribution is 2.32. The number of methoxy groups -OCH3 is 1. The van der Waals surface area contributed by atoms with Crippen LogP contribution in [0.2, 0.25) is 0 Å². The molecule has 4 rings (SSSR count). The molecule has 0 unspecified atom stereocenters. The van der Waals surface area contributed by atoms with Crippen LogP contribution in [-0.2, 0) is 16.1 Å². The van der Waals surface area contributed by atoms with E-state index >= 15 is 0 Å². The lowest BCUT2D eigenvalue weighted by Gasteiger charge is -2.18. The first-order valence-electron chi connectivity index (χ1n) is 10.2. The summed E-state index contributed by atoms with van der Waals surface area (Å²) in [5, 5.41) is 3.38. The molecule has 31 heavy (non-hydrogen) atoms. The molecule has 2 aromatic carbocycles. The molecule has 164 valence electrons. The third-order valence-electron chi connectivity index (χ3n) is 5.57. The number of esters is 1. The van der Waals surface area contributed by atoms with Gasteiger partial charge in [0.05, 0.1) is 13.5 Å². The number of hydrogen-bond acceptors (Lipinski definition) is 6. The van der Waals surface area contributed by atoms with Crippen molar-refractivity contribution in [2.24, 2.45) is 5.92 Å². The number of ether oxygens (including phenoxy) is 2. The van der Waals surface area contributed by atoms with Crippen LogP contribution in [0, 0.1) is 12.8 Å². The Morgan fingerprint density at radius 3 is 2.74 bits per heavy atom. The minimum Gasteiger partial charge on any atom is -0.487 e. The lowest BCUT2D eigenvalue weighted by molar-refractivity contribution is -0.141. The molecule has 0 bridgehead atoms. The molecular weight excluding hydrogens is 416 g/mol. The highest BCUT2D eigenvalue weighted by atomic mass is 35.5. The van der Waals surface area contributed by atoms with Gasteiger partial charge >= 0.3 is 5.97 Å². The Balaban J connectivity index is 0.00000272. The lowest BCUT2D eigenvalue weighted by atomic mass is 9.87. The van der Waals surface area contributed by atoms with Gasteiger partial charge in [-0.1, -0.05) is 30.3 Å². The lowest BCUT2D eigenvalue weighted by Crippen LogP contribution is -2.16. The molecule has 1 fully saturated rings. The molecule has 0 saturated carbocycles. The normalized spacial score (nSPS) is 17.7. The summed E-state index contributed by atoms with van der Waals surface area (Å²) in [4.78, 5) is 16.3. The maximum absolute atomic E-state index is 11.7. The fourth-order valence-corrected chi connectivity index (χ4v) is 3.89. The molecule has 7 heteroatoms. The van der Waals surface area contributed by atoms with Crippen LogP contribution < -0.4 is 10.1 Å². The topological polar surface area (TPSA) is 73.6 Å². The highest BCUT2D eigenvalue weighted by molar-refractivity contribution is 5.85. The third-order valence-corrected chi connectivity index (χ3v) is 5.57. The van der Waals surface area contributed by atoms with Crippen molar-refractivity contribution in [3.63, 3.8) is 0 Å². The zero-order valence-corrected chi connectivity index (χ0v) is 18.5. The first kappa shape index (κ1) is 22.8. The number of nitrogens with zero attached hydrogens (tertiary/aromatic N) is 1. The fourth-order valence-electron chi connectivity index (χ4n) is 3.89. The van der Waals surface area contributed by atoms with E-state index in [1.165, 1.54) is 7.11 Å². The van der Waals surface area contributed by atoms with Crippen LogP contribution in [0.3, 0.4) is 0 Å². The van der Waals surface area contributed by atoms with Gasteiger partial charge in [0.25, 0.3) is 0 Å². The molecule has 1 aliphatic heterocycles. The number of oxazole rings is 1. The van der Waals surface area contributed by atoms with E-state index in [4.69, 9.17) is 13.9 Å². The van der Waals surface area contributed by atoms with Crippen LogP contribution in [0.4, 0.5) is 0 Å². The minimum absolute atomic E-state index is 0. The van der Waals surface area contributed by atoms with Crippen molar-refractivity contribution in [3.8, 4) is 17.2 Å². The zero-order chi connectivity index (χ0) is 20.9. The SMILES string of the molecule is COC(=O)C[C@H]1CNC[C@H]1c1cccc(OCc2nc(-c3ccccc3)oc2C)c1.Cl. The number of rotatable bonds is 7. The second kappa shape index (κ2) is 10.5. The molecule has 6 nitrogen and oxygen atoms in total. The number of halogens is 1. The molecule has 0 radical (unpaired) electrons. The Labute approximate surface area is 188 Å². The Morgan fingerprint density at radius 1 is 1.16 bits per heavy atom. The first-order chi connectivity index (χ1) is 14.6. The van der Waals surface area contributed by atoms with Crippen molar-refractivity contribution in [3.05, 3.63) is 71.6 Å². The van der Waals surface area contributed by atoms with E-state index in [0.29, 0.717) is 18.9 Å². The van der Waals surface area contributed by atoms with E-state index in [1.807, 2.05) is 49.4 Å². The van der Waals surface area contributed by atoms with Gasteiger partial charge in [-0.3, -0.25) is 4.79 Å². The monoisotopic (exact) mass is 442 g/mol. The van der Waals surface area contributed by atoms with Crippen molar-refractivity contribution in [1.82, 2.24) is 10.3 Å². The van der Waals surface area contributed by atoms with Crippen molar-refractivity contribution in [1.29, 1.82) is 0 Å². The van der Waals surface area contributed by atoms with E-state index in [1.54, 1.807) is 0 Å². The Kier molecular flexibility index (Phi) is 7.71. The van der Waals surface area contributed by atoms with Gasteiger partial charge in [0, 0.05) is 18.0 Å². The number of benzene rings is 2. The summed E-state index contributed by atoms with van der Waals surface area (Å²) in [7, 11) is 1.43. The van der Waals surface area contributed by atoms with Crippen molar-refractivity contribution >= 4 is 18.4 Å². The number of aryl methyl sites for hydroxylation is 1. The van der Waals surface area contributed by atoms with E-state index in [2.05, 4.69) is 22.4 Å². The van der Waals surface area contributed by atoms with Gasteiger partial charge in [-0.05, 0) is 49.2 Å². The summed E-state index contributed by atoms with van der Waals surface area (Å²) in [6, 6.07) is 17.9. The largest absolute Gasteiger partial charge is 0.487 e. The average molecular weight is 443 g/mol. The smallest absolute Gasteiger partial charge is 0.305 e. The quantitative estimate of drug-likeness (QED) is 0.542. The summed E-state index contributed by atoms with van der Waals surface area (Å²) in [5.74, 6) is 2.44. The Hall–Kier alpha value is -2.83. The van der Waals surface area contributed by atoms with Gasteiger partial charge < -0.3 is 19.2 Å². The Morgan fingerprint density at radius 2 is 1.97 bits per heavy atom. The third kappa shape index (κ3) is 5.46. The number of carbonyl (C=O) groups is 1. The van der Waals surface area contributed by atoms with Gasteiger partial charge in [0.2, 0.25) is 5.89 Å². The van der Waals surface area contributed by atoms with Gasteiger partial charge in [0.1, 0.15) is 23.8 Å². The van der Waals surface area contributed by atoms with E-state index in [-0.39, 0.29) is 30.2 Å². The van der Waals surface area contributed by atoms with E-state index in [9.17, 15) is 4.79 Å². The number of carbonyl (C=O) groups excluding carboxylic acids is 1. The molecule has 2 atom stereocenters. The van der Waals surface area contributed by atoms with E-state index in [0.717, 1.165) is 41.4 Å². The van der Waals surface area contributed by atoms with Gasteiger partial charge in [-0.25, -0.2) is 4.98 Å². The van der Waals surface area contributed by atoms with Gasteiger partial charge in [-0.15, -0.1) is 12.4 Å². The second-order valence-electron chi connectivity index (χ2n) is 7.55. The van der Waals surface area contributed by atoms with Gasteiger partial charge in [-0.2, -0.15) is 0 Å². The minimum atomic E-state index is -0.170. The predicted octanol–water partition coefficient (Wildman–Crippen LogP) is 4.52. The molecule has 2 heterocycles. The molecule has 1 N–H and O–H groups in total. The van der Waals surface area contributed by atoms with Crippen LogP contribution in [0.25, 0.3) is 11.5 Å². The highest BCUT2D eigenvalue weighted by Gasteiger charge is 2.30. The van der Waals surface area contributed by atoms with E-state index < -0.39 is 0 Å². The molecule has 3 aromatic rings. The summed E-state index contributed by atoms with van der Waals surface area (Å²) < 4.78 is 16.7. The number of hydrogen-bond donors (Lipinski definition) is 1. The Bertz CT molecular complexity index is 1010. The standard InChI is InChI=1S/C24H26N2O4.ClH/c1-16-22(26-24(30-16)17-7-4-3-5-8-17)15-29-20-10-6-9-18(11-20)21-14-25-13-19(21)12-23(27)28-2;/h3-11,19,21,25H,12-15H2,1-2H3;1H/t19-,21-;/m0./s1. The maximum atomic E-state index is 11.7. The van der Waals surface area contributed by atoms with Crippen molar-refractivity contribution in [2.75, 3.05) is 20.2 Å². The molecule has 1 aliphatic rings. The maximum Gasteiger partial charge on any atom is 0.305 e. The van der Waals surface area contributed by atoms with Crippen molar-refractivity contribution in [2.45, 2.75) is 25.9 Å². The van der Waals surface area contributed by atoms with Crippen LogP contribution in [-0.4, -0.2) is 31.2 Å². The molecule has 1 aromatic heterocycles. The molecular formula is C24H27ClN2O4. The predicted molar refractivity (Wildman–Crippen MR) is 120 cm³/mol. The summed E-state index contributed by atoms with van der Waals surface area (Å²) in [5.41, 5.74) is 2.89.